The largest absolute Gasteiger partial charge is 0.507 e. The molecule has 1 saturated heterocycles. The summed E-state index contributed by atoms with van der Waals surface area (Å²) in [5, 5.41) is 11.3. The van der Waals surface area contributed by atoms with Gasteiger partial charge >= 0.3 is 0 Å². The zero-order valence-corrected chi connectivity index (χ0v) is 20.2. The van der Waals surface area contributed by atoms with E-state index in [4.69, 9.17) is 9.47 Å². The van der Waals surface area contributed by atoms with Crippen LogP contribution >= 0.6 is 0 Å². The molecular formula is C29H29NO5. The van der Waals surface area contributed by atoms with Gasteiger partial charge in [-0.25, -0.2) is 0 Å². The highest BCUT2D eigenvalue weighted by molar-refractivity contribution is 6.46. The zero-order chi connectivity index (χ0) is 24.9. The number of carbonyl (C=O) groups excluding carboxylic acids is 2. The molecule has 1 aliphatic heterocycles. The number of methoxy groups -OCH3 is 1. The van der Waals surface area contributed by atoms with E-state index in [0.29, 0.717) is 17.9 Å². The number of likely N-dealkylation sites (tertiary alicyclic amines) is 1. The van der Waals surface area contributed by atoms with Crippen LogP contribution in [0.4, 0.5) is 0 Å². The molecule has 0 saturated carbocycles. The van der Waals surface area contributed by atoms with Crippen LogP contribution in [0.15, 0.2) is 78.4 Å². The van der Waals surface area contributed by atoms with Gasteiger partial charge in [-0.3, -0.25) is 9.59 Å². The Bertz CT molecular complexity index is 1270. The summed E-state index contributed by atoms with van der Waals surface area (Å²) in [4.78, 5) is 28.0. The average molecular weight is 472 g/mol. The van der Waals surface area contributed by atoms with Crippen LogP contribution < -0.4 is 9.47 Å². The Morgan fingerprint density at radius 2 is 1.77 bits per heavy atom. The number of benzene rings is 3. The van der Waals surface area contributed by atoms with Crippen molar-refractivity contribution in [2.75, 3.05) is 13.7 Å². The summed E-state index contributed by atoms with van der Waals surface area (Å²) in [7, 11) is 1.58. The van der Waals surface area contributed by atoms with E-state index in [1.54, 1.807) is 25.3 Å². The lowest BCUT2D eigenvalue weighted by atomic mass is 9.94. The van der Waals surface area contributed by atoms with Gasteiger partial charge in [-0.1, -0.05) is 49.4 Å². The van der Waals surface area contributed by atoms with Crippen LogP contribution in [0.2, 0.25) is 0 Å². The molecule has 3 aromatic rings. The molecule has 1 fully saturated rings. The number of hydrogen-bond donors (Lipinski definition) is 1. The van der Waals surface area contributed by atoms with Crippen molar-refractivity contribution >= 4 is 17.4 Å². The van der Waals surface area contributed by atoms with E-state index in [2.05, 4.69) is 0 Å². The highest BCUT2D eigenvalue weighted by atomic mass is 16.5. The SMILES string of the molecule is CCCOc1ccc(/C(O)=C2/C(=O)C(=O)N(Cc3cccc(OC)c3)C2c2ccccc2)cc1C. The highest BCUT2D eigenvalue weighted by Gasteiger charge is 2.46. The number of rotatable bonds is 8. The van der Waals surface area contributed by atoms with E-state index in [0.717, 1.165) is 28.9 Å². The van der Waals surface area contributed by atoms with E-state index >= 15 is 0 Å². The second-order valence-electron chi connectivity index (χ2n) is 8.52. The molecule has 1 unspecified atom stereocenters. The van der Waals surface area contributed by atoms with Crippen molar-refractivity contribution in [3.63, 3.8) is 0 Å². The quantitative estimate of drug-likeness (QED) is 0.270. The molecule has 0 spiro atoms. The van der Waals surface area contributed by atoms with Crippen molar-refractivity contribution in [3.8, 4) is 11.5 Å². The first-order valence-electron chi connectivity index (χ1n) is 11.6. The second kappa shape index (κ2) is 10.5. The predicted molar refractivity (Wildman–Crippen MR) is 134 cm³/mol. The highest BCUT2D eigenvalue weighted by Crippen LogP contribution is 2.40. The Labute approximate surface area is 205 Å². The molecule has 3 aromatic carbocycles. The summed E-state index contributed by atoms with van der Waals surface area (Å²) < 4.78 is 11.1. The number of hydrogen-bond acceptors (Lipinski definition) is 5. The number of nitrogens with zero attached hydrogens (tertiary/aromatic N) is 1. The fourth-order valence-corrected chi connectivity index (χ4v) is 4.32. The maximum absolute atomic E-state index is 13.3. The van der Waals surface area contributed by atoms with Crippen molar-refractivity contribution in [2.45, 2.75) is 32.9 Å². The van der Waals surface area contributed by atoms with Crippen LogP contribution in [0.3, 0.4) is 0 Å². The number of Topliss-reactive ketones (excluding diaryl/α,β-unsaturated/α-hetero) is 1. The summed E-state index contributed by atoms with van der Waals surface area (Å²) in [6.45, 7) is 4.71. The number of aliphatic hydroxyl groups is 1. The van der Waals surface area contributed by atoms with Crippen molar-refractivity contribution in [2.24, 2.45) is 0 Å². The zero-order valence-electron chi connectivity index (χ0n) is 20.2. The topological polar surface area (TPSA) is 76.1 Å². The molecule has 1 heterocycles. The molecule has 0 radical (unpaired) electrons. The molecule has 6 nitrogen and oxygen atoms in total. The maximum Gasteiger partial charge on any atom is 0.295 e. The molecule has 4 rings (SSSR count). The Morgan fingerprint density at radius 1 is 1.00 bits per heavy atom. The van der Waals surface area contributed by atoms with Crippen LogP contribution in [0.5, 0.6) is 11.5 Å². The molecule has 0 aromatic heterocycles. The molecule has 1 N–H and O–H groups in total. The van der Waals surface area contributed by atoms with E-state index in [9.17, 15) is 14.7 Å². The summed E-state index contributed by atoms with van der Waals surface area (Å²) >= 11 is 0. The summed E-state index contributed by atoms with van der Waals surface area (Å²) in [6, 6.07) is 21.2. The molecular weight excluding hydrogens is 442 g/mol. The summed E-state index contributed by atoms with van der Waals surface area (Å²) in [5.41, 5.74) is 2.94. The lowest BCUT2D eigenvalue weighted by Crippen LogP contribution is -2.29. The third-order valence-electron chi connectivity index (χ3n) is 6.05. The van der Waals surface area contributed by atoms with Gasteiger partial charge in [0.05, 0.1) is 25.3 Å². The third-order valence-corrected chi connectivity index (χ3v) is 6.05. The van der Waals surface area contributed by atoms with Crippen LogP contribution in [0.25, 0.3) is 5.76 Å². The first kappa shape index (κ1) is 24.1. The van der Waals surface area contributed by atoms with Crippen molar-refractivity contribution in [1.29, 1.82) is 0 Å². The van der Waals surface area contributed by atoms with Gasteiger partial charge in [-0.2, -0.15) is 0 Å². The fourth-order valence-electron chi connectivity index (χ4n) is 4.32. The van der Waals surface area contributed by atoms with E-state index in [1.807, 2.05) is 68.4 Å². The maximum atomic E-state index is 13.3. The first-order valence-corrected chi connectivity index (χ1v) is 11.6. The molecule has 0 aliphatic carbocycles. The summed E-state index contributed by atoms with van der Waals surface area (Å²) in [5.74, 6) is -0.167. The number of aryl methyl sites for hydroxylation is 1. The molecule has 0 bridgehead atoms. The average Bonchev–Trinajstić information content (AvgIpc) is 3.13. The number of amides is 1. The van der Waals surface area contributed by atoms with Crippen molar-refractivity contribution in [1.82, 2.24) is 4.90 Å². The molecule has 1 aliphatic rings. The molecule has 35 heavy (non-hydrogen) atoms. The molecule has 1 atom stereocenters. The van der Waals surface area contributed by atoms with E-state index < -0.39 is 17.7 Å². The Morgan fingerprint density at radius 3 is 2.46 bits per heavy atom. The summed E-state index contributed by atoms with van der Waals surface area (Å²) in [6.07, 6.45) is 0.884. The predicted octanol–water partition coefficient (Wildman–Crippen LogP) is 5.41. The normalized spacial score (nSPS) is 17.0. The van der Waals surface area contributed by atoms with Crippen molar-refractivity contribution in [3.05, 3.63) is 101 Å². The molecule has 6 heteroatoms. The van der Waals surface area contributed by atoms with Crippen LogP contribution in [0, 0.1) is 6.92 Å². The van der Waals surface area contributed by atoms with Gasteiger partial charge in [0, 0.05) is 12.1 Å². The van der Waals surface area contributed by atoms with Gasteiger partial charge in [0.2, 0.25) is 0 Å². The van der Waals surface area contributed by atoms with Crippen LogP contribution in [0.1, 0.15) is 41.6 Å². The van der Waals surface area contributed by atoms with Crippen LogP contribution in [-0.2, 0) is 16.1 Å². The minimum Gasteiger partial charge on any atom is -0.507 e. The molecule has 1 amide bonds. The molecule has 180 valence electrons. The first-order chi connectivity index (χ1) is 16.9. The standard InChI is InChI=1S/C29H29NO5/c1-4-15-35-24-14-13-22(16-19(24)2)27(31)25-26(21-10-6-5-7-11-21)30(29(33)28(25)32)18-20-9-8-12-23(17-20)34-3/h5-14,16-17,26,31H,4,15,18H2,1-3H3/b27-25-. The van der Waals surface area contributed by atoms with Gasteiger partial charge in [-0.15, -0.1) is 0 Å². The number of ether oxygens (including phenoxy) is 2. The van der Waals surface area contributed by atoms with E-state index in [1.165, 1.54) is 4.90 Å². The fraction of sp³-hybridized carbons (Fsp3) is 0.241. The smallest absolute Gasteiger partial charge is 0.295 e. The monoisotopic (exact) mass is 471 g/mol. The number of ketones is 1. The Balaban J connectivity index is 1.79. The Hall–Kier alpha value is -4.06. The van der Waals surface area contributed by atoms with Gasteiger partial charge in [0.25, 0.3) is 11.7 Å². The minimum atomic E-state index is -0.723. The van der Waals surface area contributed by atoms with Gasteiger partial charge in [0.1, 0.15) is 17.3 Å². The van der Waals surface area contributed by atoms with Gasteiger partial charge in [0.15, 0.2) is 0 Å². The second-order valence-corrected chi connectivity index (χ2v) is 8.52. The van der Waals surface area contributed by atoms with Gasteiger partial charge < -0.3 is 19.5 Å². The third kappa shape index (κ3) is 4.92. The number of aliphatic hydroxyl groups excluding tert-OH is 1. The lowest BCUT2D eigenvalue weighted by molar-refractivity contribution is -0.140. The number of carbonyl (C=O) groups is 2. The van der Waals surface area contributed by atoms with Crippen molar-refractivity contribution < 1.29 is 24.2 Å². The van der Waals surface area contributed by atoms with Gasteiger partial charge in [-0.05, 0) is 60.4 Å². The minimum absolute atomic E-state index is 0.0747. The van der Waals surface area contributed by atoms with E-state index in [-0.39, 0.29) is 17.9 Å². The van der Waals surface area contributed by atoms with Crippen LogP contribution in [-0.4, -0.2) is 35.4 Å². The Kier molecular flexibility index (Phi) is 7.20. The lowest BCUT2D eigenvalue weighted by Gasteiger charge is -2.25.